The molecule has 9 heteroatoms. The van der Waals surface area contributed by atoms with Gasteiger partial charge in [-0.3, -0.25) is 9.59 Å². The summed E-state index contributed by atoms with van der Waals surface area (Å²) in [6.45, 7) is 2.77. The number of aromatic nitrogens is 2. The number of carbonyl (C=O) groups excluding carboxylic acids is 2. The van der Waals surface area contributed by atoms with Gasteiger partial charge in [0, 0.05) is 50.1 Å². The SMILES string of the molecule is CC(=O)c1ccc(S(=O)(=O)NCCC(=O)N2CCC(n3ccnc3)CC2)cc1. The molecule has 2 heterocycles. The first-order chi connectivity index (χ1) is 13.4. The first-order valence-corrected chi connectivity index (χ1v) is 10.7. The summed E-state index contributed by atoms with van der Waals surface area (Å²) in [5.74, 6) is -0.182. The van der Waals surface area contributed by atoms with Crippen LogP contribution in [0, 0.1) is 0 Å². The fourth-order valence-corrected chi connectivity index (χ4v) is 4.33. The van der Waals surface area contributed by atoms with E-state index < -0.39 is 10.0 Å². The van der Waals surface area contributed by atoms with Crippen LogP contribution in [0.2, 0.25) is 0 Å². The van der Waals surface area contributed by atoms with Gasteiger partial charge in [0.1, 0.15) is 0 Å². The quantitative estimate of drug-likeness (QED) is 0.707. The molecule has 0 saturated carbocycles. The van der Waals surface area contributed by atoms with Gasteiger partial charge in [-0.15, -0.1) is 0 Å². The predicted molar refractivity (Wildman–Crippen MR) is 103 cm³/mol. The molecule has 0 bridgehead atoms. The van der Waals surface area contributed by atoms with Crippen molar-refractivity contribution in [2.45, 2.75) is 37.1 Å². The Morgan fingerprint density at radius 3 is 2.43 bits per heavy atom. The van der Waals surface area contributed by atoms with Gasteiger partial charge in [0.05, 0.1) is 11.2 Å². The lowest BCUT2D eigenvalue weighted by Gasteiger charge is -2.32. The van der Waals surface area contributed by atoms with Crippen LogP contribution in [0.5, 0.6) is 0 Å². The number of rotatable bonds is 7. The smallest absolute Gasteiger partial charge is 0.240 e. The van der Waals surface area contributed by atoms with Gasteiger partial charge in [-0.2, -0.15) is 0 Å². The summed E-state index contributed by atoms with van der Waals surface area (Å²) in [5.41, 5.74) is 0.452. The first-order valence-electron chi connectivity index (χ1n) is 9.23. The Balaban J connectivity index is 1.46. The summed E-state index contributed by atoms with van der Waals surface area (Å²) in [6.07, 6.45) is 7.30. The van der Waals surface area contributed by atoms with Gasteiger partial charge in [-0.05, 0) is 31.9 Å². The lowest BCUT2D eigenvalue weighted by Crippen LogP contribution is -2.40. The van der Waals surface area contributed by atoms with E-state index in [1.165, 1.54) is 31.2 Å². The highest BCUT2D eigenvalue weighted by molar-refractivity contribution is 7.89. The van der Waals surface area contributed by atoms with E-state index in [9.17, 15) is 18.0 Å². The summed E-state index contributed by atoms with van der Waals surface area (Å²) in [5, 5.41) is 0. The third-order valence-corrected chi connectivity index (χ3v) is 6.44. The molecule has 8 nitrogen and oxygen atoms in total. The van der Waals surface area contributed by atoms with Gasteiger partial charge in [0.25, 0.3) is 0 Å². The average molecular weight is 404 g/mol. The fraction of sp³-hybridized carbons (Fsp3) is 0.421. The maximum absolute atomic E-state index is 12.4. The second-order valence-electron chi connectivity index (χ2n) is 6.85. The number of sulfonamides is 1. The molecule has 3 rings (SSSR count). The summed E-state index contributed by atoms with van der Waals surface area (Å²) in [4.78, 5) is 29.6. The molecule has 0 spiro atoms. The van der Waals surface area contributed by atoms with E-state index in [2.05, 4.69) is 14.3 Å². The highest BCUT2D eigenvalue weighted by Gasteiger charge is 2.23. The molecule has 0 atom stereocenters. The van der Waals surface area contributed by atoms with Gasteiger partial charge < -0.3 is 9.47 Å². The Hall–Kier alpha value is -2.52. The molecular weight excluding hydrogens is 380 g/mol. The van der Waals surface area contributed by atoms with Crippen molar-refractivity contribution in [2.24, 2.45) is 0 Å². The molecule has 28 heavy (non-hydrogen) atoms. The van der Waals surface area contributed by atoms with Crippen LogP contribution in [0.1, 0.15) is 42.6 Å². The van der Waals surface area contributed by atoms with E-state index in [1.807, 2.05) is 6.20 Å². The number of Topliss-reactive ketones (excluding diaryl/α,β-unsaturated/α-hetero) is 1. The molecule has 1 aromatic heterocycles. The number of nitrogens with zero attached hydrogens (tertiary/aromatic N) is 3. The number of hydrogen-bond donors (Lipinski definition) is 1. The molecule has 1 aromatic carbocycles. The largest absolute Gasteiger partial charge is 0.343 e. The van der Waals surface area contributed by atoms with E-state index in [-0.39, 0.29) is 29.6 Å². The zero-order valence-corrected chi connectivity index (χ0v) is 16.6. The topological polar surface area (TPSA) is 101 Å². The summed E-state index contributed by atoms with van der Waals surface area (Å²) >= 11 is 0. The van der Waals surface area contributed by atoms with Crippen LogP contribution in [0.4, 0.5) is 0 Å². The molecule has 150 valence electrons. The monoisotopic (exact) mass is 404 g/mol. The van der Waals surface area contributed by atoms with Crippen LogP contribution in [-0.2, 0) is 14.8 Å². The van der Waals surface area contributed by atoms with Crippen LogP contribution >= 0.6 is 0 Å². The highest BCUT2D eigenvalue weighted by atomic mass is 32.2. The predicted octanol–water partition coefficient (Wildman–Crippen LogP) is 1.62. The van der Waals surface area contributed by atoms with Crippen molar-refractivity contribution in [3.8, 4) is 0 Å². The number of amides is 1. The van der Waals surface area contributed by atoms with Crippen molar-refractivity contribution < 1.29 is 18.0 Å². The van der Waals surface area contributed by atoms with Crippen molar-refractivity contribution in [2.75, 3.05) is 19.6 Å². The van der Waals surface area contributed by atoms with E-state index in [1.54, 1.807) is 17.4 Å². The molecule has 1 saturated heterocycles. The van der Waals surface area contributed by atoms with Crippen LogP contribution < -0.4 is 4.72 Å². The molecule has 0 unspecified atom stereocenters. The second-order valence-corrected chi connectivity index (χ2v) is 8.62. The number of imidazole rings is 1. The normalized spacial score (nSPS) is 15.5. The van der Waals surface area contributed by atoms with E-state index in [0.717, 1.165) is 12.8 Å². The van der Waals surface area contributed by atoms with E-state index in [0.29, 0.717) is 24.7 Å². The number of carbonyl (C=O) groups is 2. The summed E-state index contributed by atoms with van der Waals surface area (Å²) < 4.78 is 29.1. The number of likely N-dealkylation sites (tertiary alicyclic amines) is 1. The lowest BCUT2D eigenvalue weighted by molar-refractivity contribution is -0.132. The van der Waals surface area contributed by atoms with Gasteiger partial charge in [0.2, 0.25) is 15.9 Å². The fourth-order valence-electron chi connectivity index (χ4n) is 3.30. The molecule has 1 aliphatic rings. The van der Waals surface area contributed by atoms with Crippen LogP contribution in [0.25, 0.3) is 0 Å². The molecule has 0 radical (unpaired) electrons. The maximum atomic E-state index is 12.4. The van der Waals surface area contributed by atoms with Gasteiger partial charge in [0.15, 0.2) is 5.78 Å². The van der Waals surface area contributed by atoms with E-state index in [4.69, 9.17) is 0 Å². The Morgan fingerprint density at radius 2 is 1.86 bits per heavy atom. The molecular formula is C19H24N4O4S. The number of benzene rings is 1. The molecule has 1 N–H and O–H groups in total. The van der Waals surface area contributed by atoms with Gasteiger partial charge >= 0.3 is 0 Å². The third-order valence-electron chi connectivity index (χ3n) is 4.97. The molecule has 1 fully saturated rings. The first kappa shape index (κ1) is 20.2. The zero-order chi connectivity index (χ0) is 20.1. The van der Waals surface area contributed by atoms with Gasteiger partial charge in [-0.1, -0.05) is 12.1 Å². The van der Waals surface area contributed by atoms with Crippen LogP contribution in [-0.4, -0.2) is 54.2 Å². The van der Waals surface area contributed by atoms with E-state index >= 15 is 0 Å². The molecule has 1 amide bonds. The van der Waals surface area contributed by atoms with Crippen LogP contribution in [0.15, 0.2) is 47.9 Å². The molecule has 0 aliphatic carbocycles. The van der Waals surface area contributed by atoms with Gasteiger partial charge in [-0.25, -0.2) is 18.1 Å². The Morgan fingerprint density at radius 1 is 1.18 bits per heavy atom. The zero-order valence-electron chi connectivity index (χ0n) is 15.7. The standard InChI is InChI=1S/C19H24N4O4S/c1-15(24)16-2-4-18(5-3-16)28(26,27)21-9-6-19(25)22-11-7-17(8-12-22)23-13-10-20-14-23/h2-5,10,13-14,17,21H,6-9,11-12H2,1H3. The van der Waals surface area contributed by atoms with Crippen molar-refractivity contribution >= 4 is 21.7 Å². The minimum Gasteiger partial charge on any atom is -0.343 e. The minimum atomic E-state index is -3.71. The third kappa shape index (κ3) is 4.85. The molecule has 2 aromatic rings. The number of piperidine rings is 1. The van der Waals surface area contributed by atoms with Crippen molar-refractivity contribution in [1.82, 2.24) is 19.2 Å². The van der Waals surface area contributed by atoms with Crippen LogP contribution in [0.3, 0.4) is 0 Å². The average Bonchev–Trinajstić information content (AvgIpc) is 3.23. The highest BCUT2D eigenvalue weighted by Crippen LogP contribution is 2.22. The van der Waals surface area contributed by atoms with Crippen molar-refractivity contribution in [1.29, 1.82) is 0 Å². The maximum Gasteiger partial charge on any atom is 0.240 e. The number of ketones is 1. The van der Waals surface area contributed by atoms with Crippen molar-refractivity contribution in [3.63, 3.8) is 0 Å². The Kier molecular flexibility index (Phi) is 6.25. The second kappa shape index (κ2) is 8.66. The molecule has 1 aliphatic heterocycles. The van der Waals surface area contributed by atoms with Crippen molar-refractivity contribution in [3.05, 3.63) is 48.5 Å². The lowest BCUT2D eigenvalue weighted by atomic mass is 10.0. The Labute approximate surface area is 164 Å². The Bertz CT molecular complexity index is 915. The number of hydrogen-bond acceptors (Lipinski definition) is 5. The minimum absolute atomic E-state index is 0.0388. The summed E-state index contributed by atoms with van der Waals surface area (Å²) in [6, 6.07) is 6.09. The summed E-state index contributed by atoms with van der Waals surface area (Å²) in [7, 11) is -3.71. The number of nitrogens with one attached hydrogen (secondary N) is 1.